The Morgan fingerprint density at radius 3 is 2.72 bits per heavy atom. The number of carbonyl (C=O) groups excluding carboxylic acids is 1. The summed E-state index contributed by atoms with van der Waals surface area (Å²) in [5.74, 6) is 2.68. The van der Waals surface area contributed by atoms with Crippen molar-refractivity contribution in [3.8, 4) is 0 Å². The number of aliphatic carboxylic acids is 1. The summed E-state index contributed by atoms with van der Waals surface area (Å²) in [6.07, 6.45) is 1.47. The molecule has 0 aromatic heterocycles. The molecule has 0 aliphatic carbocycles. The fraction of sp³-hybridized carbons (Fsp3) is 0.818. The molecule has 1 fully saturated rings. The minimum Gasteiger partial charge on any atom is -0.481 e. The average molecular weight is 292 g/mol. The molecule has 0 spiro atoms. The van der Waals surface area contributed by atoms with Crippen molar-refractivity contribution in [3.05, 3.63) is 0 Å². The van der Waals surface area contributed by atoms with Crippen LogP contribution in [0.5, 0.6) is 0 Å². The highest BCUT2D eigenvalue weighted by Crippen LogP contribution is 2.23. The highest BCUT2D eigenvalue weighted by Gasteiger charge is 2.14. The van der Waals surface area contributed by atoms with Gasteiger partial charge in [-0.1, -0.05) is 0 Å². The zero-order chi connectivity index (χ0) is 13.2. The molecule has 1 saturated heterocycles. The fourth-order valence-electron chi connectivity index (χ4n) is 1.53. The number of unbranched alkanes of at least 4 members (excludes halogenated alkanes) is 1. The van der Waals surface area contributed by atoms with Gasteiger partial charge >= 0.3 is 12.0 Å². The molecule has 5 nitrogen and oxygen atoms in total. The average Bonchev–Trinajstić information content (AvgIpc) is 2.37. The van der Waals surface area contributed by atoms with Crippen molar-refractivity contribution in [2.75, 3.05) is 30.3 Å². The van der Waals surface area contributed by atoms with E-state index in [1.807, 2.05) is 23.5 Å². The maximum Gasteiger partial charge on any atom is 0.314 e. The van der Waals surface area contributed by atoms with Crippen LogP contribution in [0.2, 0.25) is 0 Å². The molecule has 0 saturated carbocycles. The van der Waals surface area contributed by atoms with Gasteiger partial charge in [-0.25, -0.2) is 4.79 Å². The third-order valence-corrected chi connectivity index (χ3v) is 5.32. The van der Waals surface area contributed by atoms with Gasteiger partial charge in [-0.3, -0.25) is 4.79 Å². The van der Waals surface area contributed by atoms with Crippen molar-refractivity contribution in [3.63, 3.8) is 0 Å². The first-order valence-electron chi connectivity index (χ1n) is 6.11. The topological polar surface area (TPSA) is 78.4 Å². The second-order valence-corrected chi connectivity index (χ2v) is 6.61. The number of hydrogen-bond acceptors (Lipinski definition) is 4. The maximum absolute atomic E-state index is 11.4. The lowest BCUT2D eigenvalue weighted by molar-refractivity contribution is -0.137. The Morgan fingerprint density at radius 1 is 1.22 bits per heavy atom. The van der Waals surface area contributed by atoms with Crippen LogP contribution in [-0.2, 0) is 4.79 Å². The molecule has 1 rings (SSSR count). The summed E-state index contributed by atoms with van der Waals surface area (Å²) in [5, 5.41) is 14.6. The number of hydrogen-bond donors (Lipinski definition) is 3. The third-order valence-electron chi connectivity index (χ3n) is 2.48. The molecule has 1 unspecified atom stereocenters. The van der Waals surface area contributed by atoms with E-state index in [0.29, 0.717) is 31.2 Å². The molecule has 18 heavy (non-hydrogen) atoms. The monoisotopic (exact) mass is 292 g/mol. The van der Waals surface area contributed by atoms with Gasteiger partial charge in [0.25, 0.3) is 0 Å². The molecule has 1 aliphatic heterocycles. The molecular weight excluding hydrogens is 272 g/mol. The first-order chi connectivity index (χ1) is 8.68. The minimum atomic E-state index is -0.786. The van der Waals surface area contributed by atoms with Crippen molar-refractivity contribution in [1.82, 2.24) is 10.6 Å². The number of carboxylic acid groups (broad SMARTS) is 1. The Hall–Kier alpha value is -0.560. The van der Waals surface area contributed by atoms with Crippen molar-refractivity contribution >= 4 is 35.5 Å². The fourth-order valence-corrected chi connectivity index (χ4v) is 4.14. The Bertz CT molecular complexity index is 271. The van der Waals surface area contributed by atoms with Crippen molar-refractivity contribution in [2.24, 2.45) is 0 Å². The summed E-state index contributed by atoms with van der Waals surface area (Å²) in [5.41, 5.74) is 0. The van der Waals surface area contributed by atoms with Gasteiger partial charge in [-0.2, -0.15) is 23.5 Å². The predicted molar refractivity (Wildman–Crippen MR) is 76.5 cm³/mol. The van der Waals surface area contributed by atoms with Crippen LogP contribution < -0.4 is 10.6 Å². The van der Waals surface area contributed by atoms with Gasteiger partial charge < -0.3 is 15.7 Å². The predicted octanol–water partition coefficient (Wildman–Crippen LogP) is 1.39. The molecule has 7 heteroatoms. The van der Waals surface area contributed by atoms with E-state index in [1.54, 1.807) is 0 Å². The van der Waals surface area contributed by atoms with E-state index in [9.17, 15) is 9.59 Å². The van der Waals surface area contributed by atoms with Crippen LogP contribution >= 0.6 is 23.5 Å². The van der Waals surface area contributed by atoms with Gasteiger partial charge in [0.05, 0.1) is 0 Å². The lowest BCUT2D eigenvalue weighted by Gasteiger charge is -2.21. The first kappa shape index (κ1) is 15.5. The standard InChI is InChI=1S/C11H20N2O3S2/c14-10(15)3-1-2-4-12-11(16)13-7-9-8-17-5-6-18-9/h9H,1-8H2,(H,14,15)(H2,12,13,16). The van der Waals surface area contributed by atoms with E-state index in [2.05, 4.69) is 10.6 Å². The third kappa shape index (κ3) is 7.71. The number of carboxylic acids is 1. The minimum absolute atomic E-state index is 0.151. The zero-order valence-electron chi connectivity index (χ0n) is 10.3. The van der Waals surface area contributed by atoms with E-state index in [0.717, 1.165) is 11.5 Å². The van der Waals surface area contributed by atoms with E-state index in [1.165, 1.54) is 5.75 Å². The smallest absolute Gasteiger partial charge is 0.314 e. The van der Waals surface area contributed by atoms with Crippen LogP contribution in [0.15, 0.2) is 0 Å². The number of nitrogens with one attached hydrogen (secondary N) is 2. The second kappa shape index (κ2) is 9.38. The molecule has 1 atom stereocenters. The molecule has 104 valence electrons. The normalized spacial score (nSPS) is 19.2. The van der Waals surface area contributed by atoms with Crippen LogP contribution in [0, 0.1) is 0 Å². The molecule has 0 aromatic carbocycles. The lowest BCUT2D eigenvalue weighted by atomic mass is 10.2. The van der Waals surface area contributed by atoms with Crippen LogP contribution in [-0.4, -0.2) is 52.7 Å². The van der Waals surface area contributed by atoms with Gasteiger partial charge in [0, 0.05) is 42.0 Å². The van der Waals surface area contributed by atoms with Gasteiger partial charge in [0.15, 0.2) is 0 Å². The summed E-state index contributed by atoms with van der Waals surface area (Å²) in [6, 6.07) is -0.151. The highest BCUT2D eigenvalue weighted by atomic mass is 32.2. The summed E-state index contributed by atoms with van der Waals surface area (Å²) >= 11 is 3.85. The highest BCUT2D eigenvalue weighted by molar-refractivity contribution is 8.06. The van der Waals surface area contributed by atoms with Crippen LogP contribution in [0.25, 0.3) is 0 Å². The van der Waals surface area contributed by atoms with Crippen LogP contribution in [0.1, 0.15) is 19.3 Å². The first-order valence-corrected chi connectivity index (χ1v) is 8.31. The number of carbonyl (C=O) groups is 2. The Morgan fingerprint density at radius 2 is 2.06 bits per heavy atom. The number of thioether (sulfide) groups is 2. The van der Waals surface area contributed by atoms with Crippen molar-refractivity contribution < 1.29 is 14.7 Å². The van der Waals surface area contributed by atoms with E-state index >= 15 is 0 Å². The quantitative estimate of drug-likeness (QED) is 0.618. The zero-order valence-corrected chi connectivity index (χ0v) is 11.9. The number of amides is 2. The molecule has 2 amide bonds. The van der Waals surface area contributed by atoms with Gasteiger partial charge in [-0.15, -0.1) is 0 Å². The summed E-state index contributed by atoms with van der Waals surface area (Å²) in [6.45, 7) is 1.24. The van der Waals surface area contributed by atoms with E-state index in [4.69, 9.17) is 5.11 Å². The lowest BCUT2D eigenvalue weighted by Crippen LogP contribution is -2.40. The van der Waals surface area contributed by atoms with Crippen molar-refractivity contribution in [2.45, 2.75) is 24.5 Å². The SMILES string of the molecule is O=C(O)CCCCNC(=O)NCC1CSCCS1. The second-order valence-electron chi connectivity index (χ2n) is 4.06. The van der Waals surface area contributed by atoms with Gasteiger partial charge in [0.2, 0.25) is 0 Å². The summed E-state index contributed by atoms with van der Waals surface area (Å²) in [4.78, 5) is 21.7. The molecule has 1 aliphatic rings. The molecule has 0 bridgehead atoms. The van der Waals surface area contributed by atoms with Gasteiger partial charge in [0.1, 0.15) is 0 Å². The molecule has 0 radical (unpaired) electrons. The Balaban J connectivity index is 1.94. The van der Waals surface area contributed by atoms with Crippen LogP contribution in [0.3, 0.4) is 0 Å². The summed E-state index contributed by atoms with van der Waals surface area (Å²) < 4.78 is 0. The van der Waals surface area contributed by atoms with Crippen LogP contribution in [0.4, 0.5) is 4.79 Å². The van der Waals surface area contributed by atoms with E-state index < -0.39 is 5.97 Å². The molecule has 3 N–H and O–H groups in total. The largest absolute Gasteiger partial charge is 0.481 e. The maximum atomic E-state index is 11.4. The molecule has 0 aromatic rings. The Kier molecular flexibility index (Phi) is 8.08. The van der Waals surface area contributed by atoms with Crippen molar-refractivity contribution in [1.29, 1.82) is 0 Å². The number of rotatable bonds is 7. The molecule has 1 heterocycles. The summed E-state index contributed by atoms with van der Waals surface area (Å²) in [7, 11) is 0. The number of urea groups is 1. The Labute approximate surface area is 116 Å². The van der Waals surface area contributed by atoms with E-state index in [-0.39, 0.29) is 12.5 Å². The molecular formula is C11H20N2O3S2. The van der Waals surface area contributed by atoms with Gasteiger partial charge in [-0.05, 0) is 12.8 Å².